The van der Waals surface area contributed by atoms with E-state index in [2.05, 4.69) is 5.10 Å². The molecule has 0 amide bonds. The minimum atomic E-state index is -4.44. The quantitative estimate of drug-likeness (QED) is 0.650. The van der Waals surface area contributed by atoms with Gasteiger partial charge in [-0.2, -0.15) is 18.3 Å². The molecule has 0 fully saturated rings. The van der Waals surface area contributed by atoms with Crippen molar-refractivity contribution in [1.82, 2.24) is 9.78 Å². The summed E-state index contributed by atoms with van der Waals surface area (Å²) in [4.78, 5) is 12.2. The SMILES string of the molecule is CCOC(=O)c1cnn(-c2ccc(C(F)(F)F)cc2SCC)c1N. The number of carbonyl (C=O) groups excluding carboxylic acids is 1. The minimum Gasteiger partial charge on any atom is -0.462 e. The average Bonchev–Trinajstić information content (AvgIpc) is 2.88. The molecule has 0 aliphatic carbocycles. The molecule has 1 heterocycles. The summed E-state index contributed by atoms with van der Waals surface area (Å²) in [5, 5.41) is 4.02. The first-order chi connectivity index (χ1) is 11.3. The van der Waals surface area contributed by atoms with Crippen LogP contribution in [0, 0.1) is 0 Å². The van der Waals surface area contributed by atoms with E-state index in [4.69, 9.17) is 10.5 Å². The molecule has 2 N–H and O–H groups in total. The maximum atomic E-state index is 12.9. The number of aromatic nitrogens is 2. The highest BCUT2D eigenvalue weighted by molar-refractivity contribution is 7.99. The van der Waals surface area contributed by atoms with E-state index in [0.717, 1.165) is 12.1 Å². The summed E-state index contributed by atoms with van der Waals surface area (Å²) in [6, 6.07) is 3.30. The number of alkyl halides is 3. The van der Waals surface area contributed by atoms with Crippen LogP contribution in [-0.4, -0.2) is 28.1 Å². The van der Waals surface area contributed by atoms with E-state index in [9.17, 15) is 18.0 Å². The van der Waals surface area contributed by atoms with E-state index in [-0.39, 0.29) is 18.0 Å². The largest absolute Gasteiger partial charge is 0.462 e. The molecular formula is C15H16F3N3O2S. The smallest absolute Gasteiger partial charge is 0.416 e. The Morgan fingerprint density at radius 1 is 1.38 bits per heavy atom. The Morgan fingerprint density at radius 2 is 2.08 bits per heavy atom. The van der Waals surface area contributed by atoms with E-state index >= 15 is 0 Å². The number of thioether (sulfide) groups is 1. The molecule has 5 nitrogen and oxygen atoms in total. The van der Waals surface area contributed by atoms with Gasteiger partial charge in [-0.05, 0) is 30.9 Å². The summed E-state index contributed by atoms with van der Waals surface area (Å²) in [7, 11) is 0. The third-order valence-electron chi connectivity index (χ3n) is 3.12. The summed E-state index contributed by atoms with van der Waals surface area (Å²) in [6.07, 6.45) is -3.20. The molecule has 0 bridgehead atoms. The Morgan fingerprint density at radius 3 is 2.67 bits per heavy atom. The van der Waals surface area contributed by atoms with Gasteiger partial charge in [-0.1, -0.05) is 6.92 Å². The number of hydrogen-bond acceptors (Lipinski definition) is 5. The molecular weight excluding hydrogens is 343 g/mol. The third kappa shape index (κ3) is 3.66. The number of esters is 1. The van der Waals surface area contributed by atoms with Crippen LogP contribution in [0.15, 0.2) is 29.3 Å². The van der Waals surface area contributed by atoms with Crippen molar-refractivity contribution < 1.29 is 22.7 Å². The molecule has 1 aromatic carbocycles. The number of hydrogen-bond donors (Lipinski definition) is 1. The predicted octanol–water partition coefficient (Wildman–Crippen LogP) is 3.76. The fourth-order valence-electron chi connectivity index (χ4n) is 2.05. The molecule has 24 heavy (non-hydrogen) atoms. The number of nitrogens with two attached hydrogens (primary N) is 1. The number of carbonyl (C=O) groups is 1. The number of nitrogen functional groups attached to an aromatic ring is 1. The van der Waals surface area contributed by atoms with E-state index in [1.165, 1.54) is 28.7 Å². The van der Waals surface area contributed by atoms with Gasteiger partial charge in [0.1, 0.15) is 11.4 Å². The second-order valence-electron chi connectivity index (χ2n) is 4.69. The first-order valence-electron chi connectivity index (χ1n) is 7.14. The molecule has 2 aromatic rings. The standard InChI is InChI=1S/C15H16F3N3O2S/c1-3-23-14(22)10-8-20-21(13(10)19)11-6-5-9(15(16,17)18)7-12(11)24-4-2/h5-8H,3-4,19H2,1-2H3. The molecule has 1 aromatic heterocycles. The zero-order valence-corrected chi connectivity index (χ0v) is 13.9. The minimum absolute atomic E-state index is 0.0196. The van der Waals surface area contributed by atoms with Crippen LogP contribution in [-0.2, 0) is 10.9 Å². The highest BCUT2D eigenvalue weighted by Gasteiger charge is 2.31. The van der Waals surface area contributed by atoms with Crippen LogP contribution in [0.5, 0.6) is 0 Å². The second kappa shape index (κ2) is 7.16. The maximum absolute atomic E-state index is 12.9. The summed E-state index contributed by atoms with van der Waals surface area (Å²) >= 11 is 1.23. The van der Waals surface area contributed by atoms with Crippen LogP contribution in [0.1, 0.15) is 29.8 Å². The Labute approximate surface area is 141 Å². The van der Waals surface area contributed by atoms with Crippen molar-refractivity contribution >= 4 is 23.5 Å². The third-order valence-corrected chi connectivity index (χ3v) is 4.04. The Kier molecular flexibility index (Phi) is 5.43. The number of halogens is 3. The summed E-state index contributed by atoms with van der Waals surface area (Å²) in [6.45, 7) is 3.66. The van der Waals surface area contributed by atoms with Crippen molar-refractivity contribution in [3.63, 3.8) is 0 Å². The van der Waals surface area contributed by atoms with Crippen molar-refractivity contribution in [2.24, 2.45) is 0 Å². The van der Waals surface area contributed by atoms with Gasteiger partial charge < -0.3 is 10.5 Å². The van der Waals surface area contributed by atoms with Gasteiger partial charge in [-0.15, -0.1) is 11.8 Å². The first kappa shape index (κ1) is 18.2. The van der Waals surface area contributed by atoms with Crippen LogP contribution in [0.2, 0.25) is 0 Å². The van der Waals surface area contributed by atoms with Gasteiger partial charge >= 0.3 is 12.1 Å². The molecule has 0 spiro atoms. The van der Waals surface area contributed by atoms with Gasteiger partial charge in [0.25, 0.3) is 0 Å². The Balaban J connectivity index is 2.50. The second-order valence-corrected chi connectivity index (χ2v) is 5.99. The molecule has 0 atom stereocenters. The lowest BCUT2D eigenvalue weighted by atomic mass is 10.2. The van der Waals surface area contributed by atoms with Crippen molar-refractivity contribution in [1.29, 1.82) is 0 Å². The lowest BCUT2D eigenvalue weighted by Crippen LogP contribution is -2.10. The predicted molar refractivity (Wildman–Crippen MR) is 85.3 cm³/mol. The van der Waals surface area contributed by atoms with Gasteiger partial charge in [0.05, 0.1) is 24.1 Å². The van der Waals surface area contributed by atoms with Gasteiger partial charge in [0, 0.05) is 4.90 Å². The Bertz CT molecular complexity index is 744. The first-order valence-corrected chi connectivity index (χ1v) is 8.13. The van der Waals surface area contributed by atoms with Crippen LogP contribution in [0.4, 0.5) is 19.0 Å². The van der Waals surface area contributed by atoms with Crippen LogP contribution in [0.25, 0.3) is 5.69 Å². The van der Waals surface area contributed by atoms with Gasteiger partial charge in [0.2, 0.25) is 0 Å². The molecule has 0 saturated heterocycles. The maximum Gasteiger partial charge on any atom is 0.416 e. The highest BCUT2D eigenvalue weighted by atomic mass is 32.2. The number of nitrogens with zero attached hydrogens (tertiary/aromatic N) is 2. The zero-order chi connectivity index (χ0) is 17.9. The van der Waals surface area contributed by atoms with E-state index in [1.807, 2.05) is 6.92 Å². The molecule has 0 aliphatic rings. The summed E-state index contributed by atoms with van der Waals surface area (Å²) < 4.78 is 44.8. The molecule has 0 radical (unpaired) electrons. The zero-order valence-electron chi connectivity index (χ0n) is 13.1. The van der Waals surface area contributed by atoms with Crippen molar-refractivity contribution in [3.05, 3.63) is 35.5 Å². The normalized spacial score (nSPS) is 11.5. The van der Waals surface area contributed by atoms with Crippen molar-refractivity contribution in [3.8, 4) is 5.69 Å². The van der Waals surface area contributed by atoms with Crippen molar-refractivity contribution in [2.45, 2.75) is 24.9 Å². The van der Waals surface area contributed by atoms with Gasteiger partial charge in [-0.25, -0.2) is 9.48 Å². The lowest BCUT2D eigenvalue weighted by molar-refractivity contribution is -0.137. The number of anilines is 1. The Hall–Kier alpha value is -2.16. The van der Waals surface area contributed by atoms with E-state index in [0.29, 0.717) is 16.3 Å². The molecule has 0 saturated carbocycles. The van der Waals surface area contributed by atoms with E-state index < -0.39 is 17.7 Å². The van der Waals surface area contributed by atoms with Gasteiger partial charge in [-0.3, -0.25) is 0 Å². The summed E-state index contributed by atoms with van der Waals surface area (Å²) in [5.74, 6) is -0.0377. The van der Waals surface area contributed by atoms with Crippen LogP contribution >= 0.6 is 11.8 Å². The molecule has 9 heteroatoms. The fourth-order valence-corrected chi connectivity index (χ4v) is 2.88. The topological polar surface area (TPSA) is 70.1 Å². The van der Waals surface area contributed by atoms with Gasteiger partial charge in [0.15, 0.2) is 0 Å². The number of ether oxygens (including phenoxy) is 1. The lowest BCUT2D eigenvalue weighted by Gasteiger charge is -2.14. The van der Waals surface area contributed by atoms with E-state index in [1.54, 1.807) is 6.92 Å². The molecule has 0 unspecified atom stereocenters. The summed E-state index contributed by atoms with van der Waals surface area (Å²) in [5.41, 5.74) is 5.62. The fraction of sp³-hybridized carbons (Fsp3) is 0.333. The number of rotatable bonds is 5. The molecule has 130 valence electrons. The number of benzene rings is 1. The molecule has 2 rings (SSSR count). The molecule has 0 aliphatic heterocycles. The average molecular weight is 359 g/mol. The van der Waals surface area contributed by atoms with Crippen LogP contribution in [0.3, 0.4) is 0 Å². The van der Waals surface area contributed by atoms with Crippen molar-refractivity contribution in [2.75, 3.05) is 18.1 Å². The highest BCUT2D eigenvalue weighted by Crippen LogP contribution is 2.35. The monoisotopic (exact) mass is 359 g/mol. The van der Waals surface area contributed by atoms with Crippen LogP contribution < -0.4 is 5.73 Å².